The number of benzene rings is 1. The maximum absolute atomic E-state index is 12.9. The second kappa shape index (κ2) is 7.40. The quantitative estimate of drug-likeness (QED) is 0.812. The number of rotatable bonds is 6. The lowest BCUT2D eigenvalue weighted by Crippen LogP contribution is -2.43. The molecule has 2 fully saturated rings. The fraction of sp³-hybridized carbons (Fsp3) is 0.579. The van der Waals surface area contributed by atoms with Gasteiger partial charge in [0.15, 0.2) is 0 Å². The van der Waals surface area contributed by atoms with Crippen LogP contribution in [0.3, 0.4) is 0 Å². The highest BCUT2D eigenvalue weighted by molar-refractivity contribution is 5.85. The number of carbonyl (C=O) groups excluding carboxylic acids is 1. The molecule has 2 aliphatic rings. The van der Waals surface area contributed by atoms with Gasteiger partial charge in [-0.3, -0.25) is 9.59 Å². The van der Waals surface area contributed by atoms with E-state index in [9.17, 15) is 22.8 Å². The summed E-state index contributed by atoms with van der Waals surface area (Å²) in [7, 11) is 0. The van der Waals surface area contributed by atoms with Crippen LogP contribution in [0.25, 0.3) is 0 Å². The smallest absolute Gasteiger partial charge is 0.481 e. The number of carbonyl (C=O) groups is 2. The summed E-state index contributed by atoms with van der Waals surface area (Å²) < 4.78 is 40.5. The molecule has 27 heavy (non-hydrogen) atoms. The number of halogens is 3. The number of carboxylic acid groups (broad SMARTS) is 1. The third-order valence-corrected chi connectivity index (χ3v) is 5.37. The summed E-state index contributed by atoms with van der Waals surface area (Å²) in [5.41, 5.74) is 0.336. The zero-order valence-electron chi connectivity index (χ0n) is 14.8. The van der Waals surface area contributed by atoms with E-state index in [1.165, 1.54) is 12.1 Å². The number of nitrogens with zero attached hydrogens (tertiary/aromatic N) is 1. The van der Waals surface area contributed by atoms with Crippen molar-refractivity contribution in [3.63, 3.8) is 0 Å². The summed E-state index contributed by atoms with van der Waals surface area (Å²) in [5, 5.41) is 8.87. The Morgan fingerprint density at radius 1 is 1.15 bits per heavy atom. The summed E-state index contributed by atoms with van der Waals surface area (Å²) in [5.74, 6) is -0.894. The first kappa shape index (κ1) is 19.5. The number of hydrogen-bond acceptors (Lipinski definition) is 3. The maximum atomic E-state index is 12.9. The van der Waals surface area contributed by atoms with E-state index in [2.05, 4.69) is 4.74 Å². The van der Waals surface area contributed by atoms with Gasteiger partial charge in [0.2, 0.25) is 5.91 Å². The molecule has 1 saturated carbocycles. The van der Waals surface area contributed by atoms with Gasteiger partial charge in [0.05, 0.1) is 5.41 Å². The molecule has 0 atom stereocenters. The van der Waals surface area contributed by atoms with E-state index in [1.54, 1.807) is 12.1 Å². The lowest BCUT2D eigenvalue weighted by atomic mass is 9.90. The molecule has 0 spiro atoms. The second-order valence-electron chi connectivity index (χ2n) is 7.48. The van der Waals surface area contributed by atoms with Gasteiger partial charge >= 0.3 is 12.3 Å². The number of carboxylic acids is 1. The van der Waals surface area contributed by atoms with E-state index in [4.69, 9.17) is 5.11 Å². The van der Waals surface area contributed by atoms with E-state index in [0.29, 0.717) is 32.4 Å². The number of alkyl halides is 3. The topological polar surface area (TPSA) is 66.8 Å². The minimum absolute atomic E-state index is 0.0758. The molecule has 1 aliphatic heterocycles. The molecular weight excluding hydrogens is 363 g/mol. The molecule has 1 aromatic carbocycles. The summed E-state index contributed by atoms with van der Waals surface area (Å²) in [6.07, 6.45) is -1.17. The molecule has 3 rings (SSSR count). The van der Waals surface area contributed by atoms with Crippen molar-refractivity contribution in [2.75, 3.05) is 13.1 Å². The Labute approximate surface area is 155 Å². The number of hydrogen-bond donors (Lipinski definition) is 1. The van der Waals surface area contributed by atoms with Gasteiger partial charge in [0, 0.05) is 19.5 Å². The number of likely N-dealkylation sites (tertiary alicyclic amines) is 1. The lowest BCUT2D eigenvalue weighted by Gasteiger charge is -2.34. The zero-order valence-corrected chi connectivity index (χ0v) is 14.8. The minimum atomic E-state index is -4.72. The first-order chi connectivity index (χ1) is 12.7. The maximum Gasteiger partial charge on any atom is 0.573 e. The Morgan fingerprint density at radius 2 is 1.74 bits per heavy atom. The van der Waals surface area contributed by atoms with Crippen LogP contribution in [0.1, 0.15) is 37.7 Å². The van der Waals surface area contributed by atoms with E-state index < -0.39 is 17.7 Å². The Bertz CT molecular complexity index is 690. The van der Waals surface area contributed by atoms with E-state index in [1.807, 2.05) is 4.90 Å². The third kappa shape index (κ3) is 5.14. The Balaban J connectivity index is 1.56. The molecular formula is C19H22F3NO4. The molecule has 148 valence electrons. The number of piperidine rings is 1. The van der Waals surface area contributed by atoms with Gasteiger partial charge in [-0.15, -0.1) is 13.2 Å². The van der Waals surface area contributed by atoms with Crippen LogP contribution in [0.5, 0.6) is 5.75 Å². The molecule has 0 unspecified atom stereocenters. The molecule has 0 aromatic heterocycles. The number of ether oxygens (including phenoxy) is 1. The van der Waals surface area contributed by atoms with Crippen molar-refractivity contribution in [1.29, 1.82) is 0 Å². The predicted molar refractivity (Wildman–Crippen MR) is 90.1 cm³/mol. The molecule has 1 saturated heterocycles. The Kier molecular flexibility index (Phi) is 5.35. The average Bonchev–Trinajstić information content (AvgIpc) is 3.36. The average molecular weight is 385 g/mol. The van der Waals surface area contributed by atoms with E-state index >= 15 is 0 Å². The molecule has 0 radical (unpaired) electrons. The highest BCUT2D eigenvalue weighted by atomic mass is 19.4. The highest BCUT2D eigenvalue weighted by Gasteiger charge is 2.51. The standard InChI is InChI=1S/C19H22F3NO4/c20-19(21,22)27-15-3-1-14(2-4-15)12-18(7-8-18)17(26)23-9-5-13(6-10-23)11-16(24)25/h1-4,13H,5-12H2,(H,24,25). The molecule has 1 aliphatic carbocycles. The molecule has 1 aromatic rings. The molecule has 5 nitrogen and oxygen atoms in total. The molecule has 0 bridgehead atoms. The van der Waals surface area contributed by atoms with Crippen LogP contribution < -0.4 is 4.74 Å². The Morgan fingerprint density at radius 3 is 2.22 bits per heavy atom. The van der Waals surface area contributed by atoms with E-state index in [-0.39, 0.29) is 24.0 Å². The first-order valence-corrected chi connectivity index (χ1v) is 9.03. The van der Waals surface area contributed by atoms with Crippen molar-refractivity contribution in [2.45, 2.75) is 44.9 Å². The molecule has 1 N–H and O–H groups in total. The third-order valence-electron chi connectivity index (χ3n) is 5.37. The van der Waals surface area contributed by atoms with Crippen LogP contribution >= 0.6 is 0 Å². The van der Waals surface area contributed by atoms with Crippen molar-refractivity contribution in [1.82, 2.24) is 4.90 Å². The highest BCUT2D eigenvalue weighted by Crippen LogP contribution is 2.50. The van der Waals surface area contributed by atoms with Crippen LogP contribution in [-0.4, -0.2) is 41.3 Å². The van der Waals surface area contributed by atoms with Gasteiger partial charge in [0.25, 0.3) is 0 Å². The summed E-state index contributed by atoms with van der Waals surface area (Å²) in [6.45, 7) is 1.13. The van der Waals surface area contributed by atoms with Crippen molar-refractivity contribution >= 4 is 11.9 Å². The van der Waals surface area contributed by atoms with Crippen molar-refractivity contribution < 1.29 is 32.6 Å². The van der Waals surface area contributed by atoms with Crippen LogP contribution in [0.15, 0.2) is 24.3 Å². The van der Waals surface area contributed by atoms with Crippen LogP contribution in [-0.2, 0) is 16.0 Å². The van der Waals surface area contributed by atoms with Crippen molar-refractivity contribution in [3.05, 3.63) is 29.8 Å². The normalized spacial score (nSPS) is 19.6. The zero-order chi connectivity index (χ0) is 19.7. The predicted octanol–water partition coefficient (Wildman–Crippen LogP) is 3.62. The molecule has 1 amide bonds. The fourth-order valence-corrected chi connectivity index (χ4v) is 3.74. The number of aliphatic carboxylic acids is 1. The summed E-state index contributed by atoms with van der Waals surface area (Å²) >= 11 is 0. The van der Waals surface area contributed by atoms with Gasteiger partial charge < -0.3 is 14.7 Å². The lowest BCUT2D eigenvalue weighted by molar-refractivity contribution is -0.274. The monoisotopic (exact) mass is 385 g/mol. The number of amides is 1. The van der Waals surface area contributed by atoms with Crippen molar-refractivity contribution in [3.8, 4) is 5.75 Å². The van der Waals surface area contributed by atoms with Crippen molar-refractivity contribution in [2.24, 2.45) is 11.3 Å². The first-order valence-electron chi connectivity index (χ1n) is 9.03. The SMILES string of the molecule is O=C(O)CC1CCN(C(=O)C2(Cc3ccc(OC(F)(F)F)cc3)CC2)CC1. The molecule has 8 heteroatoms. The van der Waals surface area contributed by atoms with Crippen LogP contribution in [0.4, 0.5) is 13.2 Å². The molecule has 1 heterocycles. The largest absolute Gasteiger partial charge is 0.573 e. The summed E-state index contributed by atoms with van der Waals surface area (Å²) in [6, 6.07) is 5.66. The van der Waals surface area contributed by atoms with Gasteiger partial charge in [-0.05, 0) is 55.7 Å². The van der Waals surface area contributed by atoms with E-state index in [0.717, 1.165) is 18.4 Å². The van der Waals surface area contributed by atoms with Gasteiger partial charge in [-0.2, -0.15) is 0 Å². The summed E-state index contributed by atoms with van der Waals surface area (Å²) in [4.78, 5) is 25.5. The Hall–Kier alpha value is -2.25. The van der Waals surface area contributed by atoms with Gasteiger partial charge in [-0.25, -0.2) is 0 Å². The van der Waals surface area contributed by atoms with Gasteiger partial charge in [0.1, 0.15) is 5.75 Å². The van der Waals surface area contributed by atoms with Gasteiger partial charge in [-0.1, -0.05) is 12.1 Å². The minimum Gasteiger partial charge on any atom is -0.481 e. The van der Waals surface area contributed by atoms with Crippen LogP contribution in [0, 0.1) is 11.3 Å². The van der Waals surface area contributed by atoms with Crippen LogP contribution in [0.2, 0.25) is 0 Å². The second-order valence-corrected chi connectivity index (χ2v) is 7.48. The fourth-order valence-electron chi connectivity index (χ4n) is 3.74.